The minimum Gasteiger partial charge on any atom is -0.404 e. The Morgan fingerprint density at radius 2 is 2.08 bits per heavy atom. The first kappa shape index (κ1) is 17.5. The van der Waals surface area contributed by atoms with Crippen molar-refractivity contribution in [2.75, 3.05) is 0 Å². The number of hydrogen-bond acceptors (Lipinski definition) is 6. The summed E-state index contributed by atoms with van der Waals surface area (Å²) in [6.45, 7) is 0.166. The molecule has 0 saturated heterocycles. The topological polar surface area (TPSA) is 107 Å². The number of para-hydroxylation sites is 1. The van der Waals surface area contributed by atoms with E-state index in [-0.39, 0.29) is 12.2 Å². The molecule has 3 rings (SSSR count). The van der Waals surface area contributed by atoms with Crippen molar-refractivity contribution in [2.24, 2.45) is 10.7 Å². The number of benzene rings is 1. The van der Waals surface area contributed by atoms with Gasteiger partial charge in [-0.25, -0.2) is 4.98 Å². The molecule has 2 heterocycles. The highest BCUT2D eigenvalue weighted by Crippen LogP contribution is 2.20. The molecule has 8 heteroatoms. The van der Waals surface area contributed by atoms with Crippen molar-refractivity contribution in [3.8, 4) is 0 Å². The van der Waals surface area contributed by atoms with Crippen molar-refractivity contribution < 1.29 is 4.92 Å². The second-order valence-corrected chi connectivity index (χ2v) is 5.76. The number of aromatic nitrogens is 2. The van der Waals surface area contributed by atoms with Crippen LogP contribution in [0.5, 0.6) is 0 Å². The first-order valence-electron chi connectivity index (χ1n) is 7.65. The fourth-order valence-corrected chi connectivity index (χ4v) is 2.57. The molecule has 1 aromatic carbocycles. The number of aliphatic imine (C=N–C) groups is 1. The molecule has 0 atom stereocenters. The van der Waals surface area contributed by atoms with Crippen LogP contribution >= 0.6 is 11.6 Å². The molecule has 0 saturated carbocycles. The molecule has 0 fully saturated rings. The average molecular weight is 368 g/mol. The molecule has 0 aliphatic heterocycles. The van der Waals surface area contributed by atoms with E-state index in [4.69, 9.17) is 17.3 Å². The Bertz CT molecular complexity index is 1030. The van der Waals surface area contributed by atoms with Crippen LogP contribution in [0.25, 0.3) is 16.6 Å². The summed E-state index contributed by atoms with van der Waals surface area (Å²) in [6.07, 6.45) is 4.62. The maximum atomic E-state index is 11.0. The van der Waals surface area contributed by atoms with Gasteiger partial charge in [0.15, 0.2) is 0 Å². The first-order valence-corrected chi connectivity index (χ1v) is 8.03. The summed E-state index contributed by atoms with van der Waals surface area (Å²) in [6, 6.07) is 11.7. The van der Waals surface area contributed by atoms with E-state index in [1.807, 2.05) is 6.07 Å². The van der Waals surface area contributed by atoms with E-state index in [1.54, 1.807) is 42.7 Å². The Morgan fingerprint density at radius 1 is 1.27 bits per heavy atom. The van der Waals surface area contributed by atoms with Gasteiger partial charge in [-0.2, -0.15) is 0 Å². The Morgan fingerprint density at radius 3 is 2.85 bits per heavy atom. The number of pyridine rings is 2. The number of fused-ring (bicyclic) bond motifs is 1. The fraction of sp³-hybridized carbons (Fsp3) is 0.0556. The number of hydrogen-bond donors (Lipinski definition) is 1. The van der Waals surface area contributed by atoms with Crippen molar-refractivity contribution in [2.45, 2.75) is 6.54 Å². The van der Waals surface area contributed by atoms with Crippen LogP contribution in [0.1, 0.15) is 11.1 Å². The molecule has 0 unspecified atom stereocenters. The average Bonchev–Trinajstić information content (AvgIpc) is 2.65. The predicted molar refractivity (Wildman–Crippen MR) is 102 cm³/mol. The molecular formula is C18H14ClN5O2. The highest BCUT2D eigenvalue weighted by molar-refractivity contribution is 6.29. The standard InChI is InChI=1S/C18H14ClN5O2/c19-18-6-5-15-16(23-18)7-13(11-22-15)14(8-20)10-21-9-12-3-1-2-4-17(12)24(25)26/h1-8,10-11H,9,20H2. The maximum Gasteiger partial charge on any atom is 0.274 e. The van der Waals surface area contributed by atoms with Gasteiger partial charge in [0.05, 0.1) is 28.1 Å². The Kier molecular flexibility index (Phi) is 5.19. The van der Waals surface area contributed by atoms with Gasteiger partial charge in [-0.15, -0.1) is 0 Å². The normalized spacial score (nSPS) is 12.0. The second-order valence-electron chi connectivity index (χ2n) is 5.37. The highest BCUT2D eigenvalue weighted by atomic mass is 35.5. The van der Waals surface area contributed by atoms with E-state index in [2.05, 4.69) is 15.0 Å². The van der Waals surface area contributed by atoms with Gasteiger partial charge in [0.1, 0.15) is 5.15 Å². The highest BCUT2D eigenvalue weighted by Gasteiger charge is 2.11. The third-order valence-corrected chi connectivity index (χ3v) is 3.91. The molecular weight excluding hydrogens is 354 g/mol. The Balaban J connectivity index is 1.84. The number of rotatable bonds is 5. The van der Waals surface area contributed by atoms with Crippen LogP contribution in [0.2, 0.25) is 5.15 Å². The van der Waals surface area contributed by atoms with E-state index in [0.717, 1.165) is 5.56 Å². The number of nitrogens with two attached hydrogens (primary N) is 1. The Labute approximate surface area is 154 Å². The van der Waals surface area contributed by atoms with E-state index in [1.165, 1.54) is 12.3 Å². The van der Waals surface area contributed by atoms with Crippen molar-refractivity contribution in [1.29, 1.82) is 0 Å². The van der Waals surface area contributed by atoms with Crippen molar-refractivity contribution in [3.63, 3.8) is 0 Å². The molecule has 0 amide bonds. The van der Waals surface area contributed by atoms with Crippen LogP contribution in [-0.4, -0.2) is 21.1 Å². The van der Waals surface area contributed by atoms with E-state index in [0.29, 0.717) is 27.3 Å². The zero-order valence-corrected chi connectivity index (χ0v) is 14.3. The summed E-state index contributed by atoms with van der Waals surface area (Å²) < 4.78 is 0. The molecule has 0 bridgehead atoms. The maximum absolute atomic E-state index is 11.0. The summed E-state index contributed by atoms with van der Waals surface area (Å²) in [7, 11) is 0. The number of nitrogens with zero attached hydrogens (tertiary/aromatic N) is 4. The molecule has 7 nitrogen and oxygen atoms in total. The van der Waals surface area contributed by atoms with Gasteiger partial charge in [0.2, 0.25) is 0 Å². The van der Waals surface area contributed by atoms with Crippen LogP contribution < -0.4 is 5.73 Å². The van der Waals surface area contributed by atoms with Crippen LogP contribution in [0, 0.1) is 10.1 Å². The lowest BCUT2D eigenvalue weighted by Crippen LogP contribution is -1.96. The zero-order valence-electron chi connectivity index (χ0n) is 13.5. The molecule has 0 aliphatic rings. The SMILES string of the molecule is NC=C(C=NCc1ccccc1[N+](=O)[O-])c1cnc2ccc(Cl)nc2c1. The predicted octanol–water partition coefficient (Wildman–Crippen LogP) is 3.76. The molecule has 2 N–H and O–H groups in total. The molecule has 0 radical (unpaired) electrons. The number of nitro groups is 1. The van der Waals surface area contributed by atoms with Crippen molar-refractivity contribution >= 4 is 40.1 Å². The molecule has 3 aromatic rings. The van der Waals surface area contributed by atoms with E-state index in [9.17, 15) is 10.1 Å². The van der Waals surface area contributed by atoms with Gasteiger partial charge in [-0.05, 0) is 18.2 Å². The summed E-state index contributed by atoms with van der Waals surface area (Å²) >= 11 is 5.92. The lowest BCUT2D eigenvalue weighted by atomic mass is 10.1. The minimum absolute atomic E-state index is 0.0362. The third kappa shape index (κ3) is 3.84. The van der Waals surface area contributed by atoms with Crippen molar-refractivity contribution in [3.05, 3.63) is 81.3 Å². The number of halogens is 1. The monoisotopic (exact) mass is 367 g/mol. The van der Waals surface area contributed by atoms with Crippen LogP contribution in [0.15, 0.2) is 59.9 Å². The lowest BCUT2D eigenvalue weighted by molar-refractivity contribution is -0.385. The largest absolute Gasteiger partial charge is 0.404 e. The number of allylic oxidation sites excluding steroid dienone is 1. The zero-order chi connectivity index (χ0) is 18.5. The van der Waals surface area contributed by atoms with Crippen molar-refractivity contribution in [1.82, 2.24) is 9.97 Å². The first-order chi connectivity index (χ1) is 12.6. The molecule has 130 valence electrons. The lowest BCUT2D eigenvalue weighted by Gasteiger charge is -2.04. The quantitative estimate of drug-likeness (QED) is 0.319. The molecule has 2 aromatic heterocycles. The third-order valence-electron chi connectivity index (χ3n) is 3.70. The summed E-state index contributed by atoms with van der Waals surface area (Å²) in [4.78, 5) is 23.5. The molecule has 0 spiro atoms. The summed E-state index contributed by atoms with van der Waals surface area (Å²) in [5.41, 5.74) is 8.96. The second kappa shape index (κ2) is 7.71. The van der Waals surface area contributed by atoms with Gasteiger partial charge in [0.25, 0.3) is 5.69 Å². The van der Waals surface area contributed by atoms with Gasteiger partial charge in [-0.3, -0.25) is 20.1 Å². The number of nitro benzene ring substituents is 1. The molecule has 26 heavy (non-hydrogen) atoms. The minimum atomic E-state index is -0.423. The Hall–Kier alpha value is -3.32. The van der Waals surface area contributed by atoms with Gasteiger partial charge in [0, 0.05) is 35.8 Å². The van der Waals surface area contributed by atoms with Crippen LogP contribution in [0.4, 0.5) is 5.69 Å². The smallest absolute Gasteiger partial charge is 0.274 e. The van der Waals surface area contributed by atoms with Crippen LogP contribution in [0.3, 0.4) is 0 Å². The van der Waals surface area contributed by atoms with E-state index < -0.39 is 4.92 Å². The fourth-order valence-electron chi connectivity index (χ4n) is 2.42. The van der Waals surface area contributed by atoms with Gasteiger partial charge in [-0.1, -0.05) is 29.8 Å². The summed E-state index contributed by atoms with van der Waals surface area (Å²) in [5, 5.41) is 11.4. The van der Waals surface area contributed by atoms with E-state index >= 15 is 0 Å². The van der Waals surface area contributed by atoms with Gasteiger partial charge >= 0.3 is 0 Å². The van der Waals surface area contributed by atoms with Gasteiger partial charge < -0.3 is 5.73 Å². The molecule has 0 aliphatic carbocycles. The summed E-state index contributed by atoms with van der Waals surface area (Å²) in [5.74, 6) is 0. The van der Waals surface area contributed by atoms with Crippen LogP contribution in [-0.2, 0) is 6.54 Å².